The minimum absolute atomic E-state index is 0.0243. The van der Waals surface area contributed by atoms with Gasteiger partial charge in [-0.15, -0.1) is 0 Å². The molecule has 2 fully saturated rings. The highest BCUT2D eigenvalue weighted by Gasteiger charge is 2.40. The van der Waals surface area contributed by atoms with Crippen LogP contribution in [0.2, 0.25) is 0 Å². The van der Waals surface area contributed by atoms with Gasteiger partial charge in [-0.05, 0) is 25.7 Å². The Balaban J connectivity index is 2.05. The van der Waals surface area contributed by atoms with Crippen LogP contribution in [0, 0.1) is 0 Å². The van der Waals surface area contributed by atoms with E-state index in [-0.39, 0.29) is 19.0 Å². The van der Waals surface area contributed by atoms with Gasteiger partial charge in [0.1, 0.15) is 0 Å². The lowest BCUT2D eigenvalue weighted by molar-refractivity contribution is -0.137. The predicted molar refractivity (Wildman–Crippen MR) is 66.3 cm³/mol. The molecule has 1 N–H and O–H groups in total. The fourth-order valence-electron chi connectivity index (χ4n) is 2.30. The molecule has 104 valence electrons. The molecular formula is C11H20N2O4S. The summed E-state index contributed by atoms with van der Waals surface area (Å²) >= 11 is 0. The number of hydrogen-bond donors (Lipinski definition) is 1. The van der Waals surface area contributed by atoms with Crippen molar-refractivity contribution in [2.24, 2.45) is 0 Å². The number of carboxylic acid groups (broad SMARTS) is 1. The molecule has 0 aromatic rings. The van der Waals surface area contributed by atoms with E-state index in [2.05, 4.69) is 0 Å². The topological polar surface area (TPSA) is 77.9 Å². The molecule has 1 aliphatic carbocycles. The Morgan fingerprint density at radius 2 is 1.83 bits per heavy atom. The van der Waals surface area contributed by atoms with Crippen LogP contribution in [0.5, 0.6) is 0 Å². The van der Waals surface area contributed by atoms with E-state index in [0.29, 0.717) is 13.1 Å². The third-order valence-corrected chi connectivity index (χ3v) is 5.53. The van der Waals surface area contributed by atoms with E-state index in [9.17, 15) is 13.2 Å². The number of piperidine rings is 1. The van der Waals surface area contributed by atoms with Crippen LogP contribution in [0.4, 0.5) is 0 Å². The average molecular weight is 276 g/mol. The first kappa shape index (κ1) is 13.8. The molecule has 0 bridgehead atoms. The fourth-order valence-corrected chi connectivity index (χ4v) is 4.22. The monoisotopic (exact) mass is 276 g/mol. The lowest BCUT2D eigenvalue weighted by Crippen LogP contribution is -2.47. The van der Waals surface area contributed by atoms with E-state index in [4.69, 9.17) is 5.11 Å². The second-order valence-electron chi connectivity index (χ2n) is 4.95. The summed E-state index contributed by atoms with van der Waals surface area (Å²) in [4.78, 5) is 10.6. The van der Waals surface area contributed by atoms with Crippen LogP contribution in [0.1, 0.15) is 38.5 Å². The number of hydrogen-bond acceptors (Lipinski definition) is 3. The molecule has 6 nitrogen and oxygen atoms in total. The molecule has 1 saturated heterocycles. The maximum atomic E-state index is 12.4. The Morgan fingerprint density at radius 1 is 1.22 bits per heavy atom. The van der Waals surface area contributed by atoms with E-state index < -0.39 is 16.2 Å². The molecule has 2 aliphatic rings. The van der Waals surface area contributed by atoms with Crippen molar-refractivity contribution in [3.63, 3.8) is 0 Å². The van der Waals surface area contributed by atoms with Crippen molar-refractivity contribution >= 4 is 16.2 Å². The largest absolute Gasteiger partial charge is 0.481 e. The molecule has 1 saturated carbocycles. The minimum atomic E-state index is -3.45. The minimum Gasteiger partial charge on any atom is -0.481 e. The van der Waals surface area contributed by atoms with Crippen LogP contribution in [0.3, 0.4) is 0 Å². The van der Waals surface area contributed by atoms with Gasteiger partial charge in [0.05, 0.1) is 6.42 Å². The standard InChI is InChI=1S/C11H20N2O4S/c14-11(15)6-9-13(10-4-5-10)18(16,17)12-7-2-1-3-8-12/h10H,1-9H2,(H,14,15). The van der Waals surface area contributed by atoms with Gasteiger partial charge in [0.15, 0.2) is 0 Å². The zero-order chi connectivity index (χ0) is 13.2. The van der Waals surface area contributed by atoms with Crippen molar-refractivity contribution in [1.29, 1.82) is 0 Å². The van der Waals surface area contributed by atoms with Crippen LogP contribution < -0.4 is 0 Å². The summed E-state index contributed by atoms with van der Waals surface area (Å²) in [5.41, 5.74) is 0. The van der Waals surface area contributed by atoms with Gasteiger partial charge in [-0.2, -0.15) is 17.0 Å². The van der Waals surface area contributed by atoms with Gasteiger partial charge in [-0.1, -0.05) is 6.42 Å². The van der Waals surface area contributed by atoms with E-state index >= 15 is 0 Å². The van der Waals surface area contributed by atoms with Crippen LogP contribution >= 0.6 is 0 Å². The normalized spacial score (nSPS) is 22.3. The summed E-state index contributed by atoms with van der Waals surface area (Å²) in [5, 5.41) is 8.71. The Bertz CT molecular complexity index is 399. The van der Waals surface area contributed by atoms with Gasteiger partial charge in [0, 0.05) is 25.7 Å². The number of nitrogens with zero attached hydrogens (tertiary/aromatic N) is 2. The molecule has 0 spiro atoms. The average Bonchev–Trinajstić information content (AvgIpc) is 3.14. The Labute approximate surface area is 108 Å². The van der Waals surface area contributed by atoms with Gasteiger partial charge in [0.2, 0.25) is 0 Å². The summed E-state index contributed by atoms with van der Waals surface area (Å²) in [7, 11) is -3.45. The van der Waals surface area contributed by atoms with Crippen molar-refractivity contribution in [3.05, 3.63) is 0 Å². The van der Waals surface area contributed by atoms with Gasteiger partial charge < -0.3 is 5.11 Å². The summed E-state index contributed by atoms with van der Waals surface area (Å²) in [6.07, 6.45) is 4.46. The van der Waals surface area contributed by atoms with Crippen molar-refractivity contribution in [2.45, 2.75) is 44.6 Å². The first-order valence-electron chi connectivity index (χ1n) is 6.50. The fraction of sp³-hybridized carbons (Fsp3) is 0.909. The molecule has 2 rings (SSSR count). The van der Waals surface area contributed by atoms with E-state index in [1.165, 1.54) is 8.61 Å². The highest BCUT2D eigenvalue weighted by Crippen LogP contribution is 2.31. The lowest BCUT2D eigenvalue weighted by Gasteiger charge is -2.32. The number of carboxylic acids is 1. The second-order valence-corrected chi connectivity index (χ2v) is 6.83. The molecular weight excluding hydrogens is 256 g/mol. The predicted octanol–water partition coefficient (Wildman–Crippen LogP) is 0.656. The van der Waals surface area contributed by atoms with Crippen molar-refractivity contribution in [1.82, 2.24) is 8.61 Å². The maximum Gasteiger partial charge on any atom is 0.304 e. The smallest absolute Gasteiger partial charge is 0.304 e. The Hall–Kier alpha value is -0.660. The van der Waals surface area contributed by atoms with Gasteiger partial charge in [-0.3, -0.25) is 4.79 Å². The first-order chi connectivity index (χ1) is 8.51. The highest BCUT2D eigenvalue weighted by molar-refractivity contribution is 7.86. The van der Waals surface area contributed by atoms with E-state index in [0.717, 1.165) is 32.1 Å². The zero-order valence-electron chi connectivity index (χ0n) is 10.4. The Kier molecular flexibility index (Phi) is 4.24. The third-order valence-electron chi connectivity index (χ3n) is 3.44. The molecule has 7 heteroatoms. The summed E-state index contributed by atoms with van der Waals surface area (Å²) < 4.78 is 27.8. The number of carbonyl (C=O) groups is 1. The van der Waals surface area contributed by atoms with Crippen LogP contribution in [0.15, 0.2) is 0 Å². The van der Waals surface area contributed by atoms with Crippen molar-refractivity contribution < 1.29 is 18.3 Å². The maximum absolute atomic E-state index is 12.4. The van der Waals surface area contributed by atoms with Gasteiger partial charge >= 0.3 is 5.97 Å². The van der Waals surface area contributed by atoms with Crippen LogP contribution in [-0.4, -0.2) is 53.8 Å². The van der Waals surface area contributed by atoms with Crippen molar-refractivity contribution in [2.75, 3.05) is 19.6 Å². The second kappa shape index (κ2) is 5.54. The Morgan fingerprint density at radius 3 is 2.33 bits per heavy atom. The SMILES string of the molecule is O=C(O)CCN(C1CC1)S(=O)(=O)N1CCCCC1. The lowest BCUT2D eigenvalue weighted by atomic mass is 10.2. The number of aliphatic carboxylic acids is 1. The molecule has 0 amide bonds. The third kappa shape index (κ3) is 3.21. The molecule has 1 heterocycles. The molecule has 0 aromatic heterocycles. The highest BCUT2D eigenvalue weighted by atomic mass is 32.2. The molecule has 1 aliphatic heterocycles. The molecule has 0 unspecified atom stereocenters. The first-order valence-corrected chi connectivity index (χ1v) is 7.90. The number of rotatable bonds is 6. The quantitative estimate of drug-likeness (QED) is 0.773. The van der Waals surface area contributed by atoms with E-state index in [1.807, 2.05) is 0 Å². The summed E-state index contributed by atoms with van der Waals surface area (Å²) in [6.45, 7) is 1.23. The van der Waals surface area contributed by atoms with Crippen LogP contribution in [0.25, 0.3) is 0 Å². The molecule has 18 heavy (non-hydrogen) atoms. The summed E-state index contributed by atoms with van der Waals surface area (Å²) in [6, 6.07) is 0.0243. The van der Waals surface area contributed by atoms with Gasteiger partial charge in [0.25, 0.3) is 10.2 Å². The van der Waals surface area contributed by atoms with Crippen LogP contribution in [-0.2, 0) is 15.0 Å². The van der Waals surface area contributed by atoms with Crippen molar-refractivity contribution in [3.8, 4) is 0 Å². The molecule has 0 radical (unpaired) electrons. The summed E-state index contributed by atoms with van der Waals surface area (Å²) in [5.74, 6) is -0.950. The molecule has 0 aromatic carbocycles. The van der Waals surface area contributed by atoms with E-state index in [1.54, 1.807) is 0 Å². The van der Waals surface area contributed by atoms with Gasteiger partial charge in [-0.25, -0.2) is 0 Å². The zero-order valence-corrected chi connectivity index (χ0v) is 11.2. The molecule has 0 atom stereocenters.